The molecule has 0 N–H and O–H groups in total. The van der Waals surface area contributed by atoms with Crippen molar-refractivity contribution in [1.29, 1.82) is 0 Å². The van der Waals surface area contributed by atoms with Crippen LogP contribution in [0.15, 0.2) is 121 Å². The van der Waals surface area contributed by atoms with E-state index < -0.39 is 47.8 Å². The molecule has 6 amide bonds. The standard InChI is InChI=1S/C40H42N4O4/c1-27-35(31-21-13-7-14-22-31)43(39(47)41(27)3)37(45)33(25-29-17-9-5-10-18-29)34(26-30-19-11-6-12-20-30)38(46)44-36(28(2)42(4)40(44)48)32-23-15-8-16-24-32/h5-24,27-28,33-36H,25-26H2,1-4H3/t27-,28-,33-,34+,35-,36-/m0/s1. The van der Waals surface area contributed by atoms with Crippen LogP contribution in [-0.4, -0.2) is 69.7 Å². The van der Waals surface area contributed by atoms with Crippen molar-refractivity contribution >= 4 is 23.9 Å². The molecule has 8 heteroatoms. The topological polar surface area (TPSA) is 81.2 Å². The third-order valence-corrected chi connectivity index (χ3v) is 10.2. The van der Waals surface area contributed by atoms with Crippen LogP contribution in [0, 0.1) is 11.8 Å². The molecule has 2 fully saturated rings. The minimum atomic E-state index is -0.945. The number of hydrogen-bond donors (Lipinski definition) is 0. The van der Waals surface area contributed by atoms with Gasteiger partial charge in [-0.1, -0.05) is 121 Å². The number of hydrogen-bond acceptors (Lipinski definition) is 4. The largest absolute Gasteiger partial charge is 0.327 e. The lowest BCUT2D eigenvalue weighted by Gasteiger charge is -2.34. The molecular formula is C40H42N4O4. The fourth-order valence-corrected chi connectivity index (χ4v) is 7.30. The molecule has 2 aliphatic heterocycles. The minimum absolute atomic E-state index is 0.218. The molecule has 4 aromatic carbocycles. The van der Waals surface area contributed by atoms with Crippen LogP contribution in [0.25, 0.3) is 0 Å². The van der Waals surface area contributed by atoms with Crippen molar-refractivity contribution in [3.63, 3.8) is 0 Å². The molecule has 0 unspecified atom stereocenters. The van der Waals surface area contributed by atoms with Gasteiger partial charge in [-0.3, -0.25) is 19.4 Å². The molecule has 2 heterocycles. The van der Waals surface area contributed by atoms with Crippen LogP contribution in [0.4, 0.5) is 9.59 Å². The van der Waals surface area contributed by atoms with E-state index in [0.29, 0.717) is 0 Å². The van der Waals surface area contributed by atoms with Crippen molar-refractivity contribution in [3.05, 3.63) is 144 Å². The lowest BCUT2D eigenvalue weighted by atomic mass is 9.80. The Morgan fingerprint density at radius 3 is 1.12 bits per heavy atom. The molecule has 0 radical (unpaired) electrons. The van der Waals surface area contributed by atoms with Crippen molar-refractivity contribution < 1.29 is 19.2 Å². The van der Waals surface area contributed by atoms with Gasteiger partial charge in [0.2, 0.25) is 11.8 Å². The molecule has 0 saturated carbocycles. The molecule has 8 nitrogen and oxygen atoms in total. The van der Waals surface area contributed by atoms with Crippen LogP contribution in [0.2, 0.25) is 0 Å². The van der Waals surface area contributed by atoms with Crippen LogP contribution in [0.3, 0.4) is 0 Å². The first kappa shape index (κ1) is 32.7. The fourth-order valence-electron chi connectivity index (χ4n) is 7.30. The summed E-state index contributed by atoms with van der Waals surface area (Å²) in [6.07, 6.45) is 0.436. The van der Waals surface area contributed by atoms with Crippen molar-refractivity contribution in [2.24, 2.45) is 11.8 Å². The third kappa shape index (κ3) is 6.10. The van der Waals surface area contributed by atoms with E-state index in [9.17, 15) is 9.59 Å². The van der Waals surface area contributed by atoms with E-state index in [1.165, 1.54) is 9.80 Å². The number of likely N-dealkylation sites (N-methyl/N-ethyl adjacent to an activating group) is 2. The molecule has 48 heavy (non-hydrogen) atoms. The summed E-state index contributed by atoms with van der Waals surface area (Å²) < 4.78 is 0. The molecule has 246 valence electrons. The zero-order valence-electron chi connectivity index (χ0n) is 27.8. The normalized spacial score (nSPS) is 22.2. The molecule has 2 saturated heterocycles. The zero-order valence-corrected chi connectivity index (χ0v) is 27.8. The maximum atomic E-state index is 15.2. The van der Waals surface area contributed by atoms with E-state index in [4.69, 9.17) is 0 Å². The first-order valence-electron chi connectivity index (χ1n) is 16.6. The summed E-state index contributed by atoms with van der Waals surface area (Å²) >= 11 is 0. The van der Waals surface area contributed by atoms with Crippen molar-refractivity contribution in [2.45, 2.75) is 50.9 Å². The van der Waals surface area contributed by atoms with E-state index in [1.54, 1.807) is 23.9 Å². The highest BCUT2D eigenvalue weighted by Gasteiger charge is 2.52. The number of rotatable bonds is 9. The molecule has 0 aromatic heterocycles. The number of urea groups is 2. The van der Waals surface area contributed by atoms with E-state index in [0.717, 1.165) is 22.3 Å². The van der Waals surface area contributed by atoms with Gasteiger partial charge in [0.15, 0.2) is 0 Å². The predicted octanol–water partition coefficient (Wildman–Crippen LogP) is 6.75. The van der Waals surface area contributed by atoms with Crippen LogP contribution in [0.1, 0.15) is 48.2 Å². The third-order valence-electron chi connectivity index (χ3n) is 10.2. The number of amides is 6. The second kappa shape index (κ2) is 13.9. The summed E-state index contributed by atoms with van der Waals surface area (Å²) in [4.78, 5) is 64.1. The zero-order chi connectivity index (χ0) is 33.9. The summed E-state index contributed by atoms with van der Waals surface area (Å²) in [5.74, 6) is -2.74. The highest BCUT2D eigenvalue weighted by atomic mass is 16.2. The van der Waals surface area contributed by atoms with Crippen LogP contribution < -0.4 is 0 Å². The van der Waals surface area contributed by atoms with Crippen LogP contribution >= 0.6 is 0 Å². The smallest absolute Gasteiger partial charge is 0.322 e. The Kier molecular flexibility index (Phi) is 9.44. The average Bonchev–Trinajstić information content (AvgIpc) is 3.49. The maximum Gasteiger partial charge on any atom is 0.327 e. The first-order chi connectivity index (χ1) is 23.2. The summed E-state index contributed by atoms with van der Waals surface area (Å²) in [5.41, 5.74) is 3.41. The molecule has 0 spiro atoms. The Bertz CT molecular complexity index is 1620. The van der Waals surface area contributed by atoms with E-state index >= 15 is 9.59 Å². The van der Waals surface area contributed by atoms with Crippen LogP contribution in [-0.2, 0) is 22.4 Å². The van der Waals surface area contributed by atoms with Crippen molar-refractivity contribution in [3.8, 4) is 0 Å². The molecule has 6 rings (SSSR count). The summed E-state index contributed by atoms with van der Waals surface area (Å²) in [6, 6.07) is 35.8. The molecule has 6 atom stereocenters. The van der Waals surface area contributed by atoms with E-state index in [-0.39, 0.29) is 24.9 Å². The van der Waals surface area contributed by atoms with E-state index in [1.807, 2.05) is 135 Å². The maximum absolute atomic E-state index is 15.2. The number of imide groups is 2. The summed E-state index contributed by atoms with van der Waals surface area (Å²) in [5, 5.41) is 0. The Balaban J connectivity index is 1.49. The highest BCUT2D eigenvalue weighted by molar-refractivity contribution is 6.03. The number of benzene rings is 4. The first-order valence-corrected chi connectivity index (χ1v) is 16.6. The van der Waals surface area contributed by atoms with E-state index in [2.05, 4.69) is 0 Å². The lowest BCUT2D eigenvalue weighted by molar-refractivity contribution is -0.144. The monoisotopic (exact) mass is 642 g/mol. The molecular weight excluding hydrogens is 600 g/mol. The van der Waals surface area contributed by atoms with Crippen molar-refractivity contribution in [1.82, 2.24) is 19.6 Å². The average molecular weight is 643 g/mol. The number of nitrogens with zero attached hydrogens (tertiary/aromatic N) is 4. The Morgan fingerprint density at radius 1 is 0.521 bits per heavy atom. The summed E-state index contributed by atoms with van der Waals surface area (Å²) in [7, 11) is 3.42. The molecule has 0 aliphatic carbocycles. The van der Waals surface area contributed by atoms with Gasteiger partial charge in [-0.25, -0.2) is 9.59 Å². The van der Waals surface area contributed by atoms with Gasteiger partial charge in [-0.2, -0.15) is 0 Å². The summed E-state index contributed by atoms with van der Waals surface area (Å²) in [6.45, 7) is 3.87. The van der Waals surface area contributed by atoms with Gasteiger partial charge in [-0.15, -0.1) is 0 Å². The van der Waals surface area contributed by atoms with Crippen molar-refractivity contribution in [2.75, 3.05) is 14.1 Å². The van der Waals surface area contributed by atoms with Gasteiger partial charge < -0.3 is 9.80 Å². The van der Waals surface area contributed by atoms with Gasteiger partial charge in [0.25, 0.3) is 0 Å². The molecule has 0 bridgehead atoms. The Labute approximate surface area is 282 Å². The fraction of sp³-hybridized carbons (Fsp3) is 0.300. The SMILES string of the molecule is C[C@H]1[C@@H](c2ccccc2)N(C(=O)[C@@H](Cc2ccccc2)[C@@H](Cc2ccccc2)C(=O)N2C(=O)N(C)[C@@H](C)[C@H]2c2ccccc2)C(=O)N1C. The van der Waals surface area contributed by atoms with Gasteiger partial charge in [0.05, 0.1) is 36.0 Å². The number of carbonyl (C=O) groups excluding carboxylic acids is 4. The number of carbonyl (C=O) groups is 4. The van der Waals surface area contributed by atoms with Gasteiger partial charge >= 0.3 is 12.1 Å². The molecule has 4 aromatic rings. The highest BCUT2D eigenvalue weighted by Crippen LogP contribution is 2.41. The quantitative estimate of drug-likeness (QED) is 0.202. The second-order valence-electron chi connectivity index (χ2n) is 13.0. The lowest BCUT2D eigenvalue weighted by Crippen LogP contribution is -2.49. The van der Waals surface area contributed by atoms with Crippen LogP contribution in [0.5, 0.6) is 0 Å². The van der Waals surface area contributed by atoms with Gasteiger partial charge in [0, 0.05) is 14.1 Å². The Hall–Kier alpha value is -5.24. The predicted molar refractivity (Wildman–Crippen MR) is 185 cm³/mol. The second-order valence-corrected chi connectivity index (χ2v) is 13.0. The van der Waals surface area contributed by atoms with Gasteiger partial charge in [-0.05, 0) is 48.9 Å². The van der Waals surface area contributed by atoms with Gasteiger partial charge in [0.1, 0.15) is 0 Å². The Morgan fingerprint density at radius 2 is 0.812 bits per heavy atom. The molecule has 2 aliphatic rings. The minimum Gasteiger partial charge on any atom is -0.322 e.